The molecule has 7 heteroatoms. The van der Waals surface area contributed by atoms with Crippen molar-refractivity contribution in [3.63, 3.8) is 0 Å². The van der Waals surface area contributed by atoms with Crippen LogP contribution in [0.15, 0.2) is 52.9 Å². The van der Waals surface area contributed by atoms with Gasteiger partial charge in [0.25, 0.3) is 5.91 Å². The number of esters is 1. The first kappa shape index (κ1) is 21.5. The standard InChI is InChI=1S/C23H24FNO5/c1-4-28-13-19-18-7-5-6-8-20(18)30-21(19)23(27)29-15(3)22(26)25-14(2)16-9-11-17(24)12-10-16/h5-12,14-15H,4,13H2,1-3H3,(H,25,26)/t14-,15-/m0/s1. The van der Waals surface area contributed by atoms with E-state index < -0.39 is 18.0 Å². The molecule has 0 bridgehead atoms. The molecule has 0 saturated carbocycles. The Balaban J connectivity index is 1.70. The van der Waals surface area contributed by atoms with Crippen LogP contribution in [0.1, 0.15) is 48.5 Å². The molecule has 1 N–H and O–H groups in total. The summed E-state index contributed by atoms with van der Waals surface area (Å²) < 4.78 is 29.6. The molecule has 0 aliphatic carbocycles. The number of halogens is 1. The molecule has 2 atom stereocenters. The molecule has 3 rings (SSSR count). The summed E-state index contributed by atoms with van der Waals surface area (Å²) in [6.45, 7) is 5.78. The maximum absolute atomic E-state index is 13.1. The Bertz CT molecular complexity index is 1030. The predicted molar refractivity (Wildman–Crippen MR) is 109 cm³/mol. The van der Waals surface area contributed by atoms with Gasteiger partial charge in [0.1, 0.15) is 11.4 Å². The van der Waals surface area contributed by atoms with Gasteiger partial charge in [-0.3, -0.25) is 4.79 Å². The third-order valence-corrected chi connectivity index (χ3v) is 4.72. The first-order chi connectivity index (χ1) is 14.4. The highest BCUT2D eigenvalue weighted by Crippen LogP contribution is 2.27. The Morgan fingerprint density at radius 1 is 1.10 bits per heavy atom. The highest BCUT2D eigenvalue weighted by Gasteiger charge is 2.26. The fourth-order valence-electron chi connectivity index (χ4n) is 3.04. The molecule has 0 aliphatic rings. The highest BCUT2D eigenvalue weighted by atomic mass is 19.1. The second-order valence-electron chi connectivity index (χ2n) is 6.87. The van der Waals surface area contributed by atoms with Gasteiger partial charge in [-0.15, -0.1) is 0 Å². The monoisotopic (exact) mass is 413 g/mol. The zero-order valence-electron chi connectivity index (χ0n) is 17.1. The SMILES string of the molecule is CCOCc1c(C(=O)O[C@@H](C)C(=O)N[C@@H](C)c2ccc(F)cc2)oc2ccccc12. The number of furan rings is 1. The van der Waals surface area contributed by atoms with Crippen LogP contribution in [0.25, 0.3) is 11.0 Å². The number of hydrogen-bond donors (Lipinski definition) is 1. The zero-order valence-corrected chi connectivity index (χ0v) is 17.1. The summed E-state index contributed by atoms with van der Waals surface area (Å²) in [4.78, 5) is 25.2. The van der Waals surface area contributed by atoms with E-state index in [1.165, 1.54) is 19.1 Å². The van der Waals surface area contributed by atoms with E-state index in [-0.39, 0.29) is 24.2 Å². The van der Waals surface area contributed by atoms with Gasteiger partial charge < -0.3 is 19.2 Å². The lowest BCUT2D eigenvalue weighted by atomic mass is 10.1. The van der Waals surface area contributed by atoms with Gasteiger partial charge in [-0.05, 0) is 44.5 Å². The van der Waals surface area contributed by atoms with Crippen molar-refractivity contribution >= 4 is 22.8 Å². The molecule has 2 aromatic carbocycles. The third kappa shape index (κ3) is 4.86. The molecule has 1 aromatic heterocycles. The lowest BCUT2D eigenvalue weighted by Crippen LogP contribution is -2.37. The number of amides is 1. The summed E-state index contributed by atoms with van der Waals surface area (Å²) in [7, 11) is 0. The quantitative estimate of drug-likeness (QED) is 0.549. The zero-order chi connectivity index (χ0) is 21.7. The van der Waals surface area contributed by atoms with Crippen LogP contribution in [0.5, 0.6) is 0 Å². The summed E-state index contributed by atoms with van der Waals surface area (Å²) in [6, 6.07) is 12.7. The van der Waals surface area contributed by atoms with Crippen molar-refractivity contribution in [3.8, 4) is 0 Å². The number of fused-ring (bicyclic) bond motifs is 1. The number of carbonyl (C=O) groups is 2. The van der Waals surface area contributed by atoms with E-state index >= 15 is 0 Å². The van der Waals surface area contributed by atoms with Gasteiger partial charge in [-0.2, -0.15) is 0 Å². The number of rotatable bonds is 8. The number of para-hydroxylation sites is 1. The van der Waals surface area contributed by atoms with Crippen molar-refractivity contribution in [2.24, 2.45) is 0 Å². The van der Waals surface area contributed by atoms with Crippen molar-refractivity contribution < 1.29 is 27.9 Å². The molecule has 0 spiro atoms. The number of nitrogens with one attached hydrogen (secondary N) is 1. The number of hydrogen-bond acceptors (Lipinski definition) is 5. The fourth-order valence-corrected chi connectivity index (χ4v) is 3.04. The van der Waals surface area contributed by atoms with Gasteiger partial charge >= 0.3 is 5.97 Å². The van der Waals surface area contributed by atoms with E-state index in [9.17, 15) is 14.0 Å². The average molecular weight is 413 g/mol. The summed E-state index contributed by atoms with van der Waals surface area (Å²) in [5, 5.41) is 3.52. The minimum Gasteiger partial charge on any atom is -0.449 e. The van der Waals surface area contributed by atoms with Gasteiger partial charge in [-0.25, -0.2) is 9.18 Å². The molecule has 0 saturated heterocycles. The number of ether oxygens (including phenoxy) is 2. The predicted octanol–water partition coefficient (Wildman–Crippen LogP) is 4.53. The molecule has 30 heavy (non-hydrogen) atoms. The van der Waals surface area contributed by atoms with Gasteiger partial charge in [0.2, 0.25) is 5.76 Å². The molecule has 0 radical (unpaired) electrons. The van der Waals surface area contributed by atoms with Crippen LogP contribution in [0.3, 0.4) is 0 Å². The smallest absolute Gasteiger partial charge is 0.375 e. The first-order valence-electron chi connectivity index (χ1n) is 9.75. The van der Waals surface area contributed by atoms with Crippen LogP contribution in [-0.4, -0.2) is 24.6 Å². The van der Waals surface area contributed by atoms with Crippen molar-refractivity contribution in [2.45, 2.75) is 39.5 Å². The van der Waals surface area contributed by atoms with E-state index in [1.54, 1.807) is 31.2 Å². The van der Waals surface area contributed by atoms with Crippen molar-refractivity contribution in [3.05, 3.63) is 71.2 Å². The molecule has 0 fully saturated rings. The van der Waals surface area contributed by atoms with E-state index in [4.69, 9.17) is 13.9 Å². The van der Waals surface area contributed by atoms with Crippen LogP contribution in [0.2, 0.25) is 0 Å². The maximum atomic E-state index is 13.1. The topological polar surface area (TPSA) is 77.8 Å². The van der Waals surface area contributed by atoms with Crippen LogP contribution in [0, 0.1) is 5.82 Å². The van der Waals surface area contributed by atoms with E-state index in [0.29, 0.717) is 17.8 Å². The minimum absolute atomic E-state index is 0.0240. The van der Waals surface area contributed by atoms with Gasteiger partial charge in [-0.1, -0.05) is 30.3 Å². The molecule has 0 unspecified atom stereocenters. The summed E-state index contributed by atoms with van der Waals surface area (Å²) in [5.41, 5.74) is 1.87. The normalized spacial score (nSPS) is 13.1. The lowest BCUT2D eigenvalue weighted by molar-refractivity contribution is -0.129. The summed E-state index contributed by atoms with van der Waals surface area (Å²) in [6.07, 6.45) is -1.05. The van der Waals surface area contributed by atoms with Gasteiger partial charge in [0, 0.05) is 17.6 Å². The lowest BCUT2D eigenvalue weighted by Gasteiger charge is -2.18. The minimum atomic E-state index is -1.05. The van der Waals surface area contributed by atoms with E-state index in [1.807, 2.05) is 19.1 Å². The van der Waals surface area contributed by atoms with Crippen LogP contribution in [-0.2, 0) is 20.9 Å². The van der Waals surface area contributed by atoms with Crippen LogP contribution < -0.4 is 5.32 Å². The number of benzene rings is 2. The third-order valence-electron chi connectivity index (χ3n) is 4.72. The average Bonchev–Trinajstić information content (AvgIpc) is 3.11. The molecule has 6 nitrogen and oxygen atoms in total. The Morgan fingerprint density at radius 3 is 2.50 bits per heavy atom. The molecule has 0 aliphatic heterocycles. The Kier molecular flexibility index (Phi) is 6.84. The van der Waals surface area contributed by atoms with E-state index in [0.717, 1.165) is 10.9 Å². The number of carbonyl (C=O) groups excluding carboxylic acids is 2. The molecule has 158 valence electrons. The van der Waals surface area contributed by atoms with Crippen molar-refractivity contribution in [1.29, 1.82) is 0 Å². The van der Waals surface area contributed by atoms with Crippen molar-refractivity contribution in [2.75, 3.05) is 6.61 Å². The van der Waals surface area contributed by atoms with Gasteiger partial charge in [0.15, 0.2) is 6.10 Å². The first-order valence-corrected chi connectivity index (χ1v) is 9.75. The van der Waals surface area contributed by atoms with Crippen molar-refractivity contribution in [1.82, 2.24) is 5.32 Å². The fraction of sp³-hybridized carbons (Fsp3) is 0.304. The summed E-state index contributed by atoms with van der Waals surface area (Å²) in [5.74, 6) is -1.54. The Morgan fingerprint density at radius 2 is 1.80 bits per heavy atom. The highest BCUT2D eigenvalue weighted by molar-refractivity contribution is 5.97. The van der Waals surface area contributed by atoms with Crippen LogP contribution >= 0.6 is 0 Å². The Labute approximate surface area is 174 Å². The molecule has 1 heterocycles. The second-order valence-corrected chi connectivity index (χ2v) is 6.87. The van der Waals surface area contributed by atoms with E-state index in [2.05, 4.69) is 5.32 Å². The molecule has 3 aromatic rings. The summed E-state index contributed by atoms with van der Waals surface area (Å²) >= 11 is 0. The van der Waals surface area contributed by atoms with Gasteiger partial charge in [0.05, 0.1) is 12.6 Å². The molecular formula is C23H24FNO5. The molecule has 1 amide bonds. The maximum Gasteiger partial charge on any atom is 0.375 e. The molecular weight excluding hydrogens is 389 g/mol. The Hall–Kier alpha value is -3.19. The largest absolute Gasteiger partial charge is 0.449 e. The second kappa shape index (κ2) is 9.54. The van der Waals surface area contributed by atoms with Crippen LogP contribution in [0.4, 0.5) is 4.39 Å².